The standard InChI is InChI=1S/C10H14BrN2OP/c1-13-10(6-9(11)12-13)15(14,7-2-3-7)8-4-5-8/h6-8H,2-5H2,1H3. The highest BCUT2D eigenvalue weighted by molar-refractivity contribution is 9.10. The Labute approximate surface area is 97.7 Å². The number of hydrogen-bond acceptors (Lipinski definition) is 2. The van der Waals surface area contributed by atoms with Gasteiger partial charge in [0.25, 0.3) is 0 Å². The molecule has 15 heavy (non-hydrogen) atoms. The molecule has 3 nitrogen and oxygen atoms in total. The minimum atomic E-state index is -2.14. The molecule has 2 aliphatic carbocycles. The van der Waals surface area contributed by atoms with Gasteiger partial charge in [0, 0.05) is 24.4 Å². The number of rotatable bonds is 3. The maximum absolute atomic E-state index is 13.1. The first-order chi connectivity index (χ1) is 7.12. The molecule has 0 amide bonds. The van der Waals surface area contributed by atoms with Crippen LogP contribution in [0.25, 0.3) is 0 Å². The summed E-state index contributed by atoms with van der Waals surface area (Å²) in [5.74, 6) is 0. The van der Waals surface area contributed by atoms with Crippen molar-refractivity contribution >= 4 is 28.5 Å². The van der Waals surface area contributed by atoms with Gasteiger partial charge in [0.05, 0.1) is 5.44 Å². The fourth-order valence-corrected chi connectivity index (χ4v) is 6.97. The molecule has 0 aromatic carbocycles. The van der Waals surface area contributed by atoms with Crippen molar-refractivity contribution in [3.63, 3.8) is 0 Å². The number of aromatic nitrogens is 2. The van der Waals surface area contributed by atoms with Crippen molar-refractivity contribution in [1.29, 1.82) is 0 Å². The van der Waals surface area contributed by atoms with E-state index in [1.165, 1.54) is 0 Å². The zero-order valence-electron chi connectivity index (χ0n) is 8.69. The normalized spacial score (nSPS) is 22.0. The molecule has 82 valence electrons. The first-order valence-electron chi connectivity index (χ1n) is 5.42. The van der Waals surface area contributed by atoms with E-state index in [9.17, 15) is 4.57 Å². The van der Waals surface area contributed by atoms with Gasteiger partial charge in [0.15, 0.2) is 0 Å². The zero-order chi connectivity index (χ0) is 10.6. The van der Waals surface area contributed by atoms with Gasteiger partial charge in [-0.05, 0) is 41.6 Å². The summed E-state index contributed by atoms with van der Waals surface area (Å²) >= 11 is 3.36. The average molecular weight is 289 g/mol. The Bertz CT molecular complexity index is 432. The van der Waals surface area contributed by atoms with Crippen LogP contribution >= 0.6 is 23.1 Å². The number of nitrogens with zero attached hydrogens (tertiary/aromatic N) is 2. The van der Waals surface area contributed by atoms with Crippen LogP contribution in [0.1, 0.15) is 25.7 Å². The number of aryl methyl sites for hydroxylation is 1. The Hall–Kier alpha value is -0.0800. The van der Waals surface area contributed by atoms with Gasteiger partial charge < -0.3 is 4.57 Å². The SMILES string of the molecule is Cn1nc(Br)cc1P(=O)(C1CC1)C1CC1. The summed E-state index contributed by atoms with van der Waals surface area (Å²) in [6.45, 7) is 0. The summed E-state index contributed by atoms with van der Waals surface area (Å²) in [5.41, 5.74) is 1.92. The van der Waals surface area contributed by atoms with Crippen molar-refractivity contribution in [3.05, 3.63) is 10.7 Å². The van der Waals surface area contributed by atoms with E-state index in [0.29, 0.717) is 11.3 Å². The molecule has 1 aromatic rings. The Kier molecular flexibility index (Phi) is 2.16. The van der Waals surface area contributed by atoms with Gasteiger partial charge in [-0.15, -0.1) is 0 Å². The van der Waals surface area contributed by atoms with Crippen LogP contribution in [0.2, 0.25) is 0 Å². The van der Waals surface area contributed by atoms with Gasteiger partial charge in [-0.2, -0.15) is 5.10 Å². The Morgan fingerprint density at radius 3 is 2.27 bits per heavy atom. The van der Waals surface area contributed by atoms with Crippen LogP contribution in [0.4, 0.5) is 0 Å². The lowest BCUT2D eigenvalue weighted by Gasteiger charge is -2.16. The lowest BCUT2D eigenvalue weighted by molar-refractivity contribution is 0.576. The van der Waals surface area contributed by atoms with Gasteiger partial charge in [0.2, 0.25) is 0 Å². The second-order valence-electron chi connectivity index (χ2n) is 4.62. The topological polar surface area (TPSA) is 34.9 Å². The largest absolute Gasteiger partial charge is 0.316 e. The fraction of sp³-hybridized carbons (Fsp3) is 0.700. The predicted octanol–water partition coefficient (Wildman–Crippen LogP) is 2.50. The van der Waals surface area contributed by atoms with Crippen molar-refractivity contribution < 1.29 is 4.57 Å². The Morgan fingerprint density at radius 2 is 1.93 bits per heavy atom. The van der Waals surface area contributed by atoms with Gasteiger partial charge in [-0.25, -0.2) is 0 Å². The first-order valence-corrected chi connectivity index (χ1v) is 8.05. The molecular formula is C10H14BrN2OP. The highest BCUT2D eigenvalue weighted by Crippen LogP contribution is 2.69. The molecule has 0 N–H and O–H groups in total. The maximum atomic E-state index is 13.1. The summed E-state index contributed by atoms with van der Waals surface area (Å²) in [4.78, 5) is 0. The molecule has 1 aromatic heterocycles. The van der Waals surface area contributed by atoms with E-state index in [-0.39, 0.29) is 0 Å². The molecule has 2 fully saturated rings. The smallest absolute Gasteiger partial charge is 0.138 e. The molecule has 0 spiro atoms. The quantitative estimate of drug-likeness (QED) is 0.801. The van der Waals surface area contributed by atoms with Gasteiger partial charge in [-0.3, -0.25) is 4.68 Å². The van der Waals surface area contributed by atoms with Crippen LogP contribution in [0.15, 0.2) is 10.7 Å². The molecule has 0 saturated heterocycles. The van der Waals surface area contributed by atoms with Crippen LogP contribution in [0, 0.1) is 0 Å². The maximum Gasteiger partial charge on any atom is 0.138 e. The van der Waals surface area contributed by atoms with Crippen molar-refractivity contribution in [2.24, 2.45) is 7.05 Å². The summed E-state index contributed by atoms with van der Waals surface area (Å²) in [5, 5.41) is 4.26. The van der Waals surface area contributed by atoms with E-state index in [2.05, 4.69) is 21.0 Å². The van der Waals surface area contributed by atoms with E-state index >= 15 is 0 Å². The van der Waals surface area contributed by atoms with Crippen molar-refractivity contribution in [1.82, 2.24) is 9.78 Å². The average Bonchev–Trinajstić information content (AvgIpc) is 3.01. The van der Waals surface area contributed by atoms with Crippen LogP contribution < -0.4 is 5.44 Å². The minimum absolute atomic E-state index is 0.465. The van der Waals surface area contributed by atoms with Crippen LogP contribution in [0.5, 0.6) is 0 Å². The van der Waals surface area contributed by atoms with E-state index in [4.69, 9.17) is 0 Å². The van der Waals surface area contributed by atoms with E-state index in [1.54, 1.807) is 0 Å². The predicted molar refractivity (Wildman–Crippen MR) is 64.2 cm³/mol. The molecule has 1 heterocycles. The van der Waals surface area contributed by atoms with Gasteiger partial charge in [0.1, 0.15) is 11.7 Å². The summed E-state index contributed by atoms with van der Waals surface area (Å²) in [7, 11) is -0.239. The third-order valence-electron chi connectivity index (χ3n) is 3.36. The molecule has 3 rings (SSSR count). The first kappa shape index (κ1) is 10.1. The van der Waals surface area contributed by atoms with E-state index in [0.717, 1.165) is 35.7 Å². The second kappa shape index (κ2) is 3.21. The highest BCUT2D eigenvalue weighted by atomic mass is 79.9. The minimum Gasteiger partial charge on any atom is -0.316 e. The summed E-state index contributed by atoms with van der Waals surface area (Å²) in [6.07, 6.45) is 4.60. The molecule has 0 radical (unpaired) electrons. The molecule has 0 bridgehead atoms. The molecule has 0 aliphatic heterocycles. The van der Waals surface area contributed by atoms with Gasteiger partial charge in [-0.1, -0.05) is 0 Å². The van der Waals surface area contributed by atoms with Crippen molar-refractivity contribution in [2.75, 3.05) is 0 Å². The fourth-order valence-electron chi connectivity index (χ4n) is 2.34. The van der Waals surface area contributed by atoms with Crippen LogP contribution in [0.3, 0.4) is 0 Å². The molecule has 0 unspecified atom stereocenters. The van der Waals surface area contributed by atoms with E-state index < -0.39 is 7.14 Å². The zero-order valence-corrected chi connectivity index (χ0v) is 11.2. The number of halogens is 1. The summed E-state index contributed by atoms with van der Waals surface area (Å²) < 4.78 is 15.7. The summed E-state index contributed by atoms with van der Waals surface area (Å²) in [6, 6.07) is 1.96. The Balaban J connectivity index is 2.08. The second-order valence-corrected chi connectivity index (χ2v) is 8.77. The van der Waals surface area contributed by atoms with Crippen LogP contribution in [-0.4, -0.2) is 21.1 Å². The highest BCUT2D eigenvalue weighted by Gasteiger charge is 2.53. The van der Waals surface area contributed by atoms with E-state index in [1.807, 2.05) is 17.8 Å². The lowest BCUT2D eigenvalue weighted by atomic mass is 10.7. The third-order valence-corrected chi connectivity index (χ3v) is 8.09. The Morgan fingerprint density at radius 1 is 1.40 bits per heavy atom. The third kappa shape index (κ3) is 1.53. The molecule has 2 saturated carbocycles. The lowest BCUT2D eigenvalue weighted by Crippen LogP contribution is -2.20. The van der Waals surface area contributed by atoms with Gasteiger partial charge >= 0.3 is 0 Å². The van der Waals surface area contributed by atoms with Crippen molar-refractivity contribution in [3.8, 4) is 0 Å². The molecule has 5 heteroatoms. The van der Waals surface area contributed by atoms with Crippen LogP contribution in [-0.2, 0) is 11.6 Å². The molecule has 0 atom stereocenters. The molecular weight excluding hydrogens is 275 g/mol. The monoisotopic (exact) mass is 288 g/mol. The number of hydrogen-bond donors (Lipinski definition) is 0. The van der Waals surface area contributed by atoms with Crippen molar-refractivity contribution in [2.45, 2.75) is 37.0 Å². The molecule has 2 aliphatic rings.